The van der Waals surface area contributed by atoms with Crippen LogP contribution >= 0.6 is 0 Å². The van der Waals surface area contributed by atoms with Crippen LogP contribution in [0.2, 0.25) is 0 Å². The fourth-order valence-corrected chi connectivity index (χ4v) is 3.43. The second kappa shape index (κ2) is 4.52. The van der Waals surface area contributed by atoms with Crippen molar-refractivity contribution in [2.45, 2.75) is 49.8 Å². The van der Waals surface area contributed by atoms with E-state index in [1.165, 1.54) is 6.42 Å². The molecule has 2 saturated heterocycles. The highest BCUT2D eigenvalue weighted by Gasteiger charge is 2.44. The van der Waals surface area contributed by atoms with Gasteiger partial charge in [0.05, 0.1) is 7.11 Å². The average Bonchev–Trinajstić information content (AvgIpc) is 2.38. The predicted octanol–water partition coefficient (Wildman–Crippen LogP) is 1.58. The average molecular weight is 248 g/mol. The van der Waals surface area contributed by atoms with E-state index < -0.39 is 5.60 Å². The summed E-state index contributed by atoms with van der Waals surface area (Å²) in [7, 11) is 1.63. The van der Waals surface area contributed by atoms with Crippen LogP contribution < -0.4 is 10.1 Å². The molecule has 98 valence electrons. The third kappa shape index (κ3) is 1.99. The Morgan fingerprint density at radius 2 is 2.11 bits per heavy atom. The van der Waals surface area contributed by atoms with E-state index in [1.54, 1.807) is 13.3 Å². The number of aromatic nitrogens is 1. The number of fused-ring (bicyclic) bond motifs is 2. The molecule has 1 aromatic rings. The lowest BCUT2D eigenvalue weighted by molar-refractivity contribution is -0.0408. The van der Waals surface area contributed by atoms with Crippen LogP contribution in [0, 0.1) is 0 Å². The van der Waals surface area contributed by atoms with Gasteiger partial charge in [-0.25, -0.2) is 0 Å². The molecule has 0 aliphatic carbocycles. The van der Waals surface area contributed by atoms with Gasteiger partial charge in [-0.3, -0.25) is 4.98 Å². The molecule has 0 saturated carbocycles. The lowest BCUT2D eigenvalue weighted by Gasteiger charge is -2.45. The van der Waals surface area contributed by atoms with Crippen LogP contribution in [0.25, 0.3) is 0 Å². The summed E-state index contributed by atoms with van der Waals surface area (Å²) in [5, 5.41) is 14.6. The Labute approximate surface area is 107 Å². The van der Waals surface area contributed by atoms with Gasteiger partial charge >= 0.3 is 0 Å². The lowest BCUT2D eigenvalue weighted by Crippen LogP contribution is -2.54. The Morgan fingerprint density at radius 1 is 1.39 bits per heavy atom. The molecule has 2 bridgehead atoms. The van der Waals surface area contributed by atoms with Gasteiger partial charge in [0.25, 0.3) is 0 Å². The van der Waals surface area contributed by atoms with E-state index in [4.69, 9.17) is 4.74 Å². The second-order valence-corrected chi connectivity index (χ2v) is 5.49. The maximum atomic E-state index is 11.0. The van der Waals surface area contributed by atoms with Gasteiger partial charge in [-0.15, -0.1) is 0 Å². The van der Waals surface area contributed by atoms with Gasteiger partial charge in [-0.2, -0.15) is 0 Å². The molecule has 2 aliphatic heterocycles. The van der Waals surface area contributed by atoms with Crippen LogP contribution in [0.1, 0.15) is 37.8 Å². The zero-order valence-electron chi connectivity index (χ0n) is 10.7. The van der Waals surface area contributed by atoms with E-state index >= 15 is 0 Å². The number of hydrogen-bond donors (Lipinski definition) is 2. The fraction of sp³-hybridized carbons (Fsp3) is 0.643. The van der Waals surface area contributed by atoms with Gasteiger partial charge in [-0.1, -0.05) is 6.42 Å². The standard InChI is InChI=1S/C14H20N2O2/c1-18-12-6-3-7-15-13(12)14(17)8-10-4-2-5-11(9-14)16-10/h3,6-7,10-11,16-17H,2,4-5,8-9H2,1H3. The minimum absolute atomic E-state index is 0.411. The van der Waals surface area contributed by atoms with Crippen molar-refractivity contribution in [1.29, 1.82) is 0 Å². The summed E-state index contributed by atoms with van der Waals surface area (Å²) in [6.45, 7) is 0. The third-order valence-corrected chi connectivity index (χ3v) is 4.18. The largest absolute Gasteiger partial charge is 0.495 e. The van der Waals surface area contributed by atoms with Gasteiger partial charge < -0.3 is 15.2 Å². The van der Waals surface area contributed by atoms with Crippen molar-refractivity contribution < 1.29 is 9.84 Å². The summed E-state index contributed by atoms with van der Waals surface area (Å²) in [5.74, 6) is 0.694. The van der Waals surface area contributed by atoms with Crippen molar-refractivity contribution in [3.05, 3.63) is 24.0 Å². The summed E-state index contributed by atoms with van der Waals surface area (Å²) >= 11 is 0. The first kappa shape index (κ1) is 11.9. The van der Waals surface area contributed by atoms with E-state index in [9.17, 15) is 5.11 Å². The van der Waals surface area contributed by atoms with E-state index in [-0.39, 0.29) is 0 Å². The Morgan fingerprint density at radius 3 is 2.78 bits per heavy atom. The molecular formula is C14H20N2O2. The molecule has 2 fully saturated rings. The van der Waals surface area contributed by atoms with Crippen LogP contribution in [0.5, 0.6) is 5.75 Å². The van der Waals surface area contributed by atoms with Gasteiger partial charge in [0.1, 0.15) is 17.0 Å². The number of nitrogens with zero attached hydrogens (tertiary/aromatic N) is 1. The molecule has 18 heavy (non-hydrogen) atoms. The lowest BCUT2D eigenvalue weighted by atomic mass is 9.75. The SMILES string of the molecule is COc1cccnc1C1(O)CC2CCCC(C1)N2. The maximum Gasteiger partial charge on any atom is 0.143 e. The molecule has 0 spiro atoms. The van der Waals surface area contributed by atoms with Crippen LogP contribution in [0.3, 0.4) is 0 Å². The van der Waals surface area contributed by atoms with Gasteiger partial charge in [-0.05, 0) is 37.8 Å². The molecule has 0 radical (unpaired) electrons. The van der Waals surface area contributed by atoms with E-state index in [0.717, 1.165) is 25.7 Å². The molecule has 4 nitrogen and oxygen atoms in total. The molecule has 2 N–H and O–H groups in total. The topological polar surface area (TPSA) is 54.4 Å². The first-order chi connectivity index (χ1) is 8.71. The number of rotatable bonds is 2. The van der Waals surface area contributed by atoms with Crippen molar-refractivity contribution in [3.8, 4) is 5.75 Å². The smallest absolute Gasteiger partial charge is 0.143 e. The summed E-state index contributed by atoms with van der Waals surface area (Å²) in [4.78, 5) is 4.37. The summed E-state index contributed by atoms with van der Waals surface area (Å²) < 4.78 is 5.34. The normalized spacial score (nSPS) is 35.2. The van der Waals surface area contributed by atoms with Crippen molar-refractivity contribution in [2.24, 2.45) is 0 Å². The highest BCUT2D eigenvalue weighted by molar-refractivity contribution is 5.32. The number of aliphatic hydroxyl groups is 1. The Balaban J connectivity index is 1.94. The molecule has 2 atom stereocenters. The van der Waals surface area contributed by atoms with Crippen LogP contribution in [0.15, 0.2) is 18.3 Å². The predicted molar refractivity (Wildman–Crippen MR) is 68.5 cm³/mol. The van der Waals surface area contributed by atoms with Crippen molar-refractivity contribution in [3.63, 3.8) is 0 Å². The van der Waals surface area contributed by atoms with Gasteiger partial charge in [0.2, 0.25) is 0 Å². The van der Waals surface area contributed by atoms with Gasteiger partial charge in [0, 0.05) is 18.3 Å². The Kier molecular flexibility index (Phi) is 2.99. The number of pyridine rings is 1. The molecule has 4 heteroatoms. The van der Waals surface area contributed by atoms with Gasteiger partial charge in [0.15, 0.2) is 0 Å². The molecule has 2 unspecified atom stereocenters. The van der Waals surface area contributed by atoms with E-state index in [1.807, 2.05) is 12.1 Å². The highest BCUT2D eigenvalue weighted by atomic mass is 16.5. The zero-order valence-corrected chi connectivity index (χ0v) is 10.7. The quantitative estimate of drug-likeness (QED) is 0.834. The van der Waals surface area contributed by atoms with Crippen molar-refractivity contribution in [2.75, 3.05) is 7.11 Å². The number of piperidine rings is 2. The van der Waals surface area contributed by atoms with Crippen LogP contribution in [-0.2, 0) is 5.60 Å². The van der Waals surface area contributed by atoms with Crippen LogP contribution in [0.4, 0.5) is 0 Å². The summed E-state index contributed by atoms with van der Waals surface area (Å²) in [6.07, 6.45) is 6.75. The Bertz CT molecular complexity index is 424. The van der Waals surface area contributed by atoms with Crippen molar-refractivity contribution >= 4 is 0 Å². The number of ether oxygens (including phenoxy) is 1. The highest BCUT2D eigenvalue weighted by Crippen LogP contribution is 2.41. The molecule has 3 rings (SSSR count). The molecule has 3 heterocycles. The molecular weight excluding hydrogens is 228 g/mol. The second-order valence-electron chi connectivity index (χ2n) is 5.49. The van der Waals surface area contributed by atoms with E-state index in [0.29, 0.717) is 23.5 Å². The summed E-state index contributed by atoms with van der Waals surface area (Å²) in [6, 6.07) is 4.54. The molecule has 0 aromatic carbocycles. The maximum absolute atomic E-state index is 11.0. The first-order valence-corrected chi connectivity index (χ1v) is 6.69. The minimum Gasteiger partial charge on any atom is -0.495 e. The summed E-state index contributed by atoms with van der Waals surface area (Å²) in [5.41, 5.74) is -0.140. The molecule has 2 aliphatic rings. The first-order valence-electron chi connectivity index (χ1n) is 6.69. The molecule has 1 aromatic heterocycles. The number of hydrogen-bond acceptors (Lipinski definition) is 4. The van der Waals surface area contributed by atoms with Crippen LogP contribution in [-0.4, -0.2) is 29.3 Å². The third-order valence-electron chi connectivity index (χ3n) is 4.18. The monoisotopic (exact) mass is 248 g/mol. The fourth-order valence-electron chi connectivity index (χ4n) is 3.43. The Hall–Kier alpha value is -1.13. The zero-order chi connectivity index (χ0) is 12.6. The minimum atomic E-state index is -0.840. The van der Waals surface area contributed by atoms with Crippen molar-refractivity contribution in [1.82, 2.24) is 10.3 Å². The molecule has 0 amide bonds. The number of methoxy groups -OCH3 is 1. The number of nitrogens with one attached hydrogen (secondary N) is 1. The van der Waals surface area contributed by atoms with E-state index in [2.05, 4.69) is 10.3 Å².